The highest BCUT2D eigenvalue weighted by Gasteiger charge is 2.20. The van der Waals surface area contributed by atoms with Crippen molar-refractivity contribution in [3.8, 4) is 0 Å². The normalized spacial score (nSPS) is 12.5. The summed E-state index contributed by atoms with van der Waals surface area (Å²) < 4.78 is 21.3. The van der Waals surface area contributed by atoms with Crippen molar-refractivity contribution in [2.24, 2.45) is 5.41 Å². The molecule has 0 saturated carbocycles. The van der Waals surface area contributed by atoms with Crippen LogP contribution in [0.25, 0.3) is 0 Å². The number of hydrogen-bond donors (Lipinski definition) is 0. The van der Waals surface area contributed by atoms with E-state index in [0.29, 0.717) is 33.0 Å². The van der Waals surface area contributed by atoms with Gasteiger partial charge < -0.3 is 18.9 Å². The standard InChI is InChI=1S/C15H30O5/c1-13(16)20-12-14(2,3)11-19-10-9-18-8-7-15(4,5)17-6/h7-12H2,1-6H3. The number of rotatable bonds is 11. The van der Waals surface area contributed by atoms with Gasteiger partial charge in [0.1, 0.15) is 0 Å². The average molecular weight is 290 g/mol. The summed E-state index contributed by atoms with van der Waals surface area (Å²) in [5.74, 6) is -0.262. The van der Waals surface area contributed by atoms with Crippen LogP contribution in [0, 0.1) is 5.41 Å². The van der Waals surface area contributed by atoms with E-state index in [1.165, 1.54) is 6.92 Å². The van der Waals surface area contributed by atoms with Crippen LogP contribution < -0.4 is 0 Å². The largest absolute Gasteiger partial charge is 0.465 e. The maximum atomic E-state index is 10.8. The smallest absolute Gasteiger partial charge is 0.302 e. The molecule has 0 radical (unpaired) electrons. The summed E-state index contributed by atoms with van der Waals surface area (Å²) in [5.41, 5.74) is -0.323. The van der Waals surface area contributed by atoms with E-state index in [1.54, 1.807) is 7.11 Å². The van der Waals surface area contributed by atoms with Crippen LogP contribution in [0.4, 0.5) is 0 Å². The van der Waals surface area contributed by atoms with Crippen molar-refractivity contribution in [2.75, 3.05) is 40.1 Å². The molecule has 0 amide bonds. The number of esters is 1. The Morgan fingerprint density at radius 2 is 1.55 bits per heavy atom. The molecule has 0 aromatic carbocycles. The molecule has 0 saturated heterocycles. The molecule has 0 aromatic heterocycles. The number of ether oxygens (including phenoxy) is 4. The lowest BCUT2D eigenvalue weighted by Gasteiger charge is -2.24. The van der Waals surface area contributed by atoms with E-state index >= 15 is 0 Å². The summed E-state index contributed by atoms with van der Waals surface area (Å²) in [6, 6.07) is 0. The van der Waals surface area contributed by atoms with E-state index in [0.717, 1.165) is 6.42 Å². The molecule has 0 rings (SSSR count). The van der Waals surface area contributed by atoms with Gasteiger partial charge in [0.05, 0.1) is 32.0 Å². The molecule has 0 aliphatic rings. The second-order valence-corrected chi connectivity index (χ2v) is 6.32. The fourth-order valence-corrected chi connectivity index (χ4v) is 1.33. The first-order chi connectivity index (χ1) is 9.18. The molecule has 0 aromatic rings. The van der Waals surface area contributed by atoms with Crippen LogP contribution in [0.5, 0.6) is 0 Å². The molecule has 0 bridgehead atoms. The topological polar surface area (TPSA) is 54.0 Å². The van der Waals surface area contributed by atoms with Crippen LogP contribution in [0.2, 0.25) is 0 Å². The highest BCUT2D eigenvalue weighted by Crippen LogP contribution is 2.16. The lowest BCUT2D eigenvalue weighted by molar-refractivity contribution is -0.145. The van der Waals surface area contributed by atoms with Gasteiger partial charge in [-0.2, -0.15) is 0 Å². The number of carbonyl (C=O) groups is 1. The van der Waals surface area contributed by atoms with Gasteiger partial charge in [-0.15, -0.1) is 0 Å². The summed E-state index contributed by atoms with van der Waals surface area (Å²) in [7, 11) is 1.70. The van der Waals surface area contributed by atoms with Gasteiger partial charge in [-0.25, -0.2) is 0 Å². The Bertz CT molecular complexity index is 273. The summed E-state index contributed by atoms with van der Waals surface area (Å²) in [6.45, 7) is 12.1. The Morgan fingerprint density at radius 1 is 0.950 bits per heavy atom. The highest BCUT2D eigenvalue weighted by molar-refractivity contribution is 5.65. The maximum absolute atomic E-state index is 10.8. The third-order valence-corrected chi connectivity index (χ3v) is 2.93. The maximum Gasteiger partial charge on any atom is 0.302 e. The third kappa shape index (κ3) is 11.2. The van der Waals surface area contributed by atoms with Gasteiger partial charge in [-0.05, 0) is 20.3 Å². The van der Waals surface area contributed by atoms with Crippen molar-refractivity contribution < 1.29 is 23.7 Å². The van der Waals surface area contributed by atoms with E-state index in [1.807, 2.05) is 27.7 Å². The van der Waals surface area contributed by atoms with Crippen molar-refractivity contribution in [1.82, 2.24) is 0 Å². The van der Waals surface area contributed by atoms with Crippen LogP contribution in [0.3, 0.4) is 0 Å². The lowest BCUT2D eigenvalue weighted by Crippen LogP contribution is -2.28. The fraction of sp³-hybridized carbons (Fsp3) is 0.933. The minimum Gasteiger partial charge on any atom is -0.465 e. The molecular formula is C15H30O5. The van der Waals surface area contributed by atoms with E-state index in [4.69, 9.17) is 18.9 Å². The summed E-state index contributed by atoms with van der Waals surface area (Å²) in [4.78, 5) is 10.8. The Balaban J connectivity index is 3.54. The third-order valence-electron chi connectivity index (χ3n) is 2.93. The van der Waals surface area contributed by atoms with E-state index in [-0.39, 0.29) is 17.0 Å². The van der Waals surface area contributed by atoms with Crippen LogP contribution in [0.1, 0.15) is 41.0 Å². The van der Waals surface area contributed by atoms with Gasteiger partial charge >= 0.3 is 5.97 Å². The molecule has 20 heavy (non-hydrogen) atoms. The zero-order valence-corrected chi connectivity index (χ0v) is 13.8. The Kier molecular flexibility index (Phi) is 9.01. The molecule has 5 heteroatoms. The first-order valence-electron chi connectivity index (χ1n) is 7.02. The zero-order valence-electron chi connectivity index (χ0n) is 13.8. The molecule has 120 valence electrons. The Morgan fingerprint density at radius 3 is 2.10 bits per heavy atom. The van der Waals surface area contributed by atoms with Gasteiger partial charge in [-0.1, -0.05) is 13.8 Å². The Hall–Kier alpha value is -0.650. The zero-order chi connectivity index (χ0) is 15.6. The molecule has 0 unspecified atom stereocenters. The van der Waals surface area contributed by atoms with Crippen molar-refractivity contribution in [2.45, 2.75) is 46.6 Å². The molecule has 0 spiro atoms. The second kappa shape index (κ2) is 9.32. The quantitative estimate of drug-likeness (QED) is 0.432. The Labute approximate surface area is 122 Å². The monoisotopic (exact) mass is 290 g/mol. The van der Waals surface area contributed by atoms with Crippen LogP contribution >= 0.6 is 0 Å². The molecule has 0 fully saturated rings. The van der Waals surface area contributed by atoms with Gasteiger partial charge in [0.15, 0.2) is 0 Å². The van der Waals surface area contributed by atoms with E-state index in [2.05, 4.69) is 0 Å². The van der Waals surface area contributed by atoms with Gasteiger partial charge in [0.2, 0.25) is 0 Å². The number of hydrogen-bond acceptors (Lipinski definition) is 5. The second-order valence-electron chi connectivity index (χ2n) is 6.32. The SMILES string of the molecule is COC(C)(C)CCOCCOCC(C)(C)COC(C)=O. The van der Waals surface area contributed by atoms with E-state index in [9.17, 15) is 4.79 Å². The predicted molar refractivity (Wildman–Crippen MR) is 77.8 cm³/mol. The van der Waals surface area contributed by atoms with Crippen molar-refractivity contribution >= 4 is 5.97 Å². The van der Waals surface area contributed by atoms with Gasteiger partial charge in [0.25, 0.3) is 0 Å². The minimum atomic E-state index is -0.262. The summed E-state index contributed by atoms with van der Waals surface area (Å²) in [6.07, 6.45) is 0.849. The average Bonchev–Trinajstić information content (AvgIpc) is 2.35. The van der Waals surface area contributed by atoms with Crippen LogP contribution in [-0.4, -0.2) is 51.7 Å². The number of carbonyl (C=O) groups excluding carboxylic acids is 1. The number of methoxy groups -OCH3 is 1. The molecule has 0 aliphatic heterocycles. The molecule has 0 N–H and O–H groups in total. The molecule has 0 heterocycles. The van der Waals surface area contributed by atoms with E-state index < -0.39 is 0 Å². The van der Waals surface area contributed by atoms with Crippen molar-refractivity contribution in [3.63, 3.8) is 0 Å². The fourth-order valence-electron chi connectivity index (χ4n) is 1.33. The molecular weight excluding hydrogens is 260 g/mol. The molecule has 0 aliphatic carbocycles. The predicted octanol–water partition coefficient (Wildman–Crippen LogP) is 2.42. The van der Waals surface area contributed by atoms with Crippen LogP contribution in [-0.2, 0) is 23.7 Å². The summed E-state index contributed by atoms with van der Waals surface area (Å²) >= 11 is 0. The van der Waals surface area contributed by atoms with Crippen molar-refractivity contribution in [1.29, 1.82) is 0 Å². The minimum absolute atomic E-state index is 0.146. The summed E-state index contributed by atoms with van der Waals surface area (Å²) in [5, 5.41) is 0. The molecule has 5 nitrogen and oxygen atoms in total. The first kappa shape index (κ1) is 19.4. The van der Waals surface area contributed by atoms with Crippen LogP contribution in [0.15, 0.2) is 0 Å². The first-order valence-corrected chi connectivity index (χ1v) is 7.02. The van der Waals surface area contributed by atoms with Gasteiger partial charge in [0, 0.05) is 26.1 Å². The highest BCUT2D eigenvalue weighted by atomic mass is 16.5. The van der Waals surface area contributed by atoms with Crippen molar-refractivity contribution in [3.05, 3.63) is 0 Å². The molecule has 0 atom stereocenters. The lowest BCUT2D eigenvalue weighted by atomic mass is 9.96. The van der Waals surface area contributed by atoms with Gasteiger partial charge in [-0.3, -0.25) is 4.79 Å².